The summed E-state index contributed by atoms with van der Waals surface area (Å²) in [5, 5.41) is 0. The van der Waals surface area contributed by atoms with Crippen molar-refractivity contribution in [1.29, 1.82) is 0 Å². The van der Waals surface area contributed by atoms with Crippen molar-refractivity contribution in [3.63, 3.8) is 0 Å². The maximum Gasteiger partial charge on any atom is 0.155 e. The Labute approximate surface area is 67.5 Å². The first-order chi connectivity index (χ1) is 5.36. The summed E-state index contributed by atoms with van der Waals surface area (Å²) in [4.78, 5) is 11.0. The number of rotatable bonds is 0. The zero-order valence-electron chi connectivity index (χ0n) is 6.75. The molecular formula is C10H14O. The van der Waals surface area contributed by atoms with Gasteiger partial charge in [-0.25, -0.2) is 0 Å². The zero-order valence-corrected chi connectivity index (χ0v) is 6.75. The van der Waals surface area contributed by atoms with Gasteiger partial charge < -0.3 is 0 Å². The van der Waals surface area contributed by atoms with Crippen LogP contribution < -0.4 is 0 Å². The lowest BCUT2D eigenvalue weighted by molar-refractivity contribution is -0.116. The Bertz CT molecular complexity index is 193. The molecule has 2 aliphatic carbocycles. The van der Waals surface area contributed by atoms with Crippen molar-refractivity contribution in [3.8, 4) is 0 Å². The van der Waals surface area contributed by atoms with Gasteiger partial charge in [0.25, 0.3) is 0 Å². The van der Waals surface area contributed by atoms with E-state index in [1.807, 2.05) is 0 Å². The fourth-order valence-electron chi connectivity index (χ4n) is 2.30. The molecule has 0 spiro atoms. The first-order valence-corrected chi connectivity index (χ1v) is 4.57. The second kappa shape index (κ2) is 2.80. The van der Waals surface area contributed by atoms with Gasteiger partial charge in [-0.2, -0.15) is 0 Å². The van der Waals surface area contributed by atoms with Crippen LogP contribution in [0.3, 0.4) is 0 Å². The lowest BCUT2D eigenvalue weighted by Crippen LogP contribution is -2.23. The van der Waals surface area contributed by atoms with E-state index in [0.717, 1.165) is 12.3 Å². The van der Waals surface area contributed by atoms with E-state index in [0.29, 0.717) is 11.7 Å². The summed E-state index contributed by atoms with van der Waals surface area (Å²) >= 11 is 0. The molecule has 0 amide bonds. The first kappa shape index (κ1) is 7.08. The third-order valence-electron chi connectivity index (χ3n) is 2.96. The van der Waals surface area contributed by atoms with Gasteiger partial charge in [0.2, 0.25) is 0 Å². The monoisotopic (exact) mass is 150 g/mol. The molecule has 0 N–H and O–H groups in total. The molecule has 60 valence electrons. The molecule has 1 heteroatoms. The van der Waals surface area contributed by atoms with E-state index in [1.165, 1.54) is 25.7 Å². The fourth-order valence-corrected chi connectivity index (χ4v) is 2.30. The van der Waals surface area contributed by atoms with Crippen molar-refractivity contribution in [2.24, 2.45) is 11.8 Å². The SMILES string of the molecule is O=C1C=CC2CCCCC2C1. The average molecular weight is 150 g/mol. The molecule has 2 aliphatic rings. The third kappa shape index (κ3) is 1.37. The first-order valence-electron chi connectivity index (χ1n) is 4.57. The summed E-state index contributed by atoms with van der Waals surface area (Å²) in [5.41, 5.74) is 0. The van der Waals surface area contributed by atoms with Crippen LogP contribution in [0.25, 0.3) is 0 Å². The quantitative estimate of drug-likeness (QED) is 0.518. The van der Waals surface area contributed by atoms with Crippen LogP contribution in [0.1, 0.15) is 32.1 Å². The second-order valence-corrected chi connectivity index (χ2v) is 3.74. The highest BCUT2D eigenvalue weighted by molar-refractivity contribution is 5.90. The normalized spacial score (nSPS) is 36.9. The molecule has 0 saturated heterocycles. The maximum absolute atomic E-state index is 11.0. The van der Waals surface area contributed by atoms with Gasteiger partial charge in [-0.3, -0.25) is 4.79 Å². The van der Waals surface area contributed by atoms with Crippen molar-refractivity contribution >= 4 is 5.78 Å². The van der Waals surface area contributed by atoms with Crippen LogP contribution in [0.2, 0.25) is 0 Å². The van der Waals surface area contributed by atoms with Gasteiger partial charge in [0.05, 0.1) is 0 Å². The summed E-state index contributed by atoms with van der Waals surface area (Å²) in [6.45, 7) is 0. The van der Waals surface area contributed by atoms with Crippen molar-refractivity contribution < 1.29 is 4.79 Å². The van der Waals surface area contributed by atoms with Crippen molar-refractivity contribution in [3.05, 3.63) is 12.2 Å². The Morgan fingerprint density at radius 1 is 1.27 bits per heavy atom. The van der Waals surface area contributed by atoms with Crippen molar-refractivity contribution in [2.45, 2.75) is 32.1 Å². The van der Waals surface area contributed by atoms with Crippen LogP contribution in [0, 0.1) is 11.8 Å². The van der Waals surface area contributed by atoms with Gasteiger partial charge in [0.15, 0.2) is 5.78 Å². The highest BCUT2D eigenvalue weighted by Crippen LogP contribution is 2.35. The number of ketones is 1. The molecule has 1 nitrogen and oxygen atoms in total. The molecule has 11 heavy (non-hydrogen) atoms. The summed E-state index contributed by atoms with van der Waals surface area (Å²) in [5.74, 6) is 1.77. The summed E-state index contributed by atoms with van der Waals surface area (Å²) in [6, 6.07) is 0. The Hall–Kier alpha value is -0.590. The van der Waals surface area contributed by atoms with Crippen LogP contribution in [0.4, 0.5) is 0 Å². The fraction of sp³-hybridized carbons (Fsp3) is 0.700. The standard InChI is InChI=1S/C10H14O/c11-10-6-5-8-3-1-2-4-9(8)7-10/h5-6,8-9H,1-4,7H2. The topological polar surface area (TPSA) is 17.1 Å². The van der Waals surface area contributed by atoms with Crippen molar-refractivity contribution in [1.82, 2.24) is 0 Å². The number of carbonyl (C=O) groups excluding carboxylic acids is 1. The number of fused-ring (bicyclic) bond motifs is 1. The molecule has 2 atom stereocenters. The van der Waals surface area contributed by atoms with E-state index in [-0.39, 0.29) is 0 Å². The molecule has 2 rings (SSSR count). The molecule has 0 aromatic carbocycles. The average Bonchev–Trinajstić information content (AvgIpc) is 2.04. The summed E-state index contributed by atoms with van der Waals surface area (Å²) < 4.78 is 0. The van der Waals surface area contributed by atoms with E-state index >= 15 is 0 Å². The molecule has 2 unspecified atom stereocenters. The third-order valence-corrected chi connectivity index (χ3v) is 2.96. The molecular weight excluding hydrogens is 136 g/mol. The predicted octanol–water partition coefficient (Wildman–Crippen LogP) is 2.32. The molecule has 0 aromatic heterocycles. The number of hydrogen-bond acceptors (Lipinski definition) is 1. The van der Waals surface area contributed by atoms with Crippen LogP contribution in [0.5, 0.6) is 0 Å². The van der Waals surface area contributed by atoms with E-state index in [9.17, 15) is 4.79 Å². The van der Waals surface area contributed by atoms with Crippen LogP contribution in [0.15, 0.2) is 12.2 Å². The van der Waals surface area contributed by atoms with Crippen molar-refractivity contribution in [2.75, 3.05) is 0 Å². The number of hydrogen-bond donors (Lipinski definition) is 0. The number of carbonyl (C=O) groups is 1. The van der Waals surface area contributed by atoms with Gasteiger partial charge in [-0.15, -0.1) is 0 Å². The smallest absolute Gasteiger partial charge is 0.155 e. The Morgan fingerprint density at radius 2 is 2.09 bits per heavy atom. The van der Waals surface area contributed by atoms with Crippen LogP contribution in [-0.4, -0.2) is 5.78 Å². The van der Waals surface area contributed by atoms with E-state index in [2.05, 4.69) is 6.08 Å². The minimum Gasteiger partial charge on any atom is -0.295 e. The molecule has 0 heterocycles. The maximum atomic E-state index is 11.0. The summed E-state index contributed by atoms with van der Waals surface area (Å²) in [7, 11) is 0. The molecule has 0 aromatic rings. The highest BCUT2D eigenvalue weighted by Gasteiger charge is 2.27. The van der Waals surface area contributed by atoms with E-state index in [1.54, 1.807) is 6.08 Å². The van der Waals surface area contributed by atoms with E-state index in [4.69, 9.17) is 0 Å². The predicted molar refractivity (Wildman–Crippen MR) is 44.2 cm³/mol. The zero-order chi connectivity index (χ0) is 7.68. The van der Waals surface area contributed by atoms with E-state index < -0.39 is 0 Å². The molecule has 1 fully saturated rings. The Morgan fingerprint density at radius 3 is 3.00 bits per heavy atom. The largest absolute Gasteiger partial charge is 0.295 e. The number of allylic oxidation sites excluding steroid dienone is 2. The van der Waals surface area contributed by atoms with Crippen LogP contribution >= 0.6 is 0 Å². The van der Waals surface area contributed by atoms with Gasteiger partial charge in [-0.05, 0) is 30.8 Å². The Balaban J connectivity index is 2.10. The van der Waals surface area contributed by atoms with Crippen LogP contribution in [-0.2, 0) is 4.79 Å². The second-order valence-electron chi connectivity index (χ2n) is 3.74. The molecule has 0 bridgehead atoms. The van der Waals surface area contributed by atoms with Gasteiger partial charge >= 0.3 is 0 Å². The lowest BCUT2D eigenvalue weighted by atomic mass is 9.74. The molecule has 0 radical (unpaired) electrons. The highest BCUT2D eigenvalue weighted by atomic mass is 16.1. The van der Waals surface area contributed by atoms with Gasteiger partial charge in [0.1, 0.15) is 0 Å². The molecule has 0 aliphatic heterocycles. The lowest BCUT2D eigenvalue weighted by Gasteiger charge is -2.30. The minimum absolute atomic E-state index is 0.341. The Kier molecular flexibility index (Phi) is 1.80. The summed E-state index contributed by atoms with van der Waals surface area (Å²) in [6.07, 6.45) is 10.0. The van der Waals surface area contributed by atoms with Gasteiger partial charge in [-0.1, -0.05) is 18.9 Å². The minimum atomic E-state index is 0.341. The van der Waals surface area contributed by atoms with Gasteiger partial charge in [0, 0.05) is 6.42 Å². The molecule has 1 saturated carbocycles.